The Morgan fingerprint density at radius 1 is 1.18 bits per heavy atom. The van der Waals surface area contributed by atoms with E-state index in [0.717, 1.165) is 35.0 Å². The van der Waals surface area contributed by atoms with Crippen molar-refractivity contribution in [3.63, 3.8) is 0 Å². The monoisotopic (exact) mass is 378 g/mol. The highest BCUT2D eigenvalue weighted by atomic mass is 16.7. The van der Waals surface area contributed by atoms with E-state index in [-0.39, 0.29) is 23.5 Å². The normalized spacial score (nSPS) is 25.5. The van der Waals surface area contributed by atoms with Crippen molar-refractivity contribution in [2.45, 2.75) is 51.2 Å². The molecule has 1 aromatic heterocycles. The third-order valence-corrected chi connectivity index (χ3v) is 6.08. The van der Waals surface area contributed by atoms with Crippen LogP contribution in [0, 0.1) is 5.41 Å². The lowest BCUT2D eigenvalue weighted by Crippen LogP contribution is -2.29. The SMILES string of the molecule is CC(C)(C)c1cc2cc(NC(=O)C3(C4=CC5OCOC5C=C4)CC3)ccc2[nH]1. The average molecular weight is 378 g/mol. The van der Waals surface area contributed by atoms with Crippen molar-refractivity contribution in [3.8, 4) is 0 Å². The summed E-state index contributed by atoms with van der Waals surface area (Å²) in [4.78, 5) is 16.6. The Bertz CT molecular complexity index is 1000. The second kappa shape index (κ2) is 6.06. The van der Waals surface area contributed by atoms with Crippen LogP contribution in [0.3, 0.4) is 0 Å². The van der Waals surface area contributed by atoms with Crippen molar-refractivity contribution in [1.29, 1.82) is 0 Å². The summed E-state index contributed by atoms with van der Waals surface area (Å²) in [6.45, 7) is 6.88. The number of benzene rings is 1. The zero-order valence-corrected chi connectivity index (χ0v) is 16.5. The molecular weight excluding hydrogens is 352 g/mol. The summed E-state index contributed by atoms with van der Waals surface area (Å²) >= 11 is 0. The molecule has 28 heavy (non-hydrogen) atoms. The molecular formula is C23H26N2O3. The zero-order valence-electron chi connectivity index (χ0n) is 16.5. The van der Waals surface area contributed by atoms with E-state index >= 15 is 0 Å². The lowest BCUT2D eigenvalue weighted by Gasteiger charge is -2.22. The molecule has 2 aliphatic carbocycles. The molecule has 0 radical (unpaired) electrons. The fraction of sp³-hybridized carbons (Fsp3) is 0.435. The molecule has 2 aromatic rings. The molecule has 2 atom stereocenters. The number of nitrogens with one attached hydrogen (secondary N) is 2. The lowest BCUT2D eigenvalue weighted by molar-refractivity contribution is -0.119. The molecule has 5 heteroatoms. The van der Waals surface area contributed by atoms with Gasteiger partial charge in [0.05, 0.1) is 5.41 Å². The number of carbonyl (C=O) groups excluding carboxylic acids is 1. The third-order valence-electron chi connectivity index (χ3n) is 6.08. The molecule has 1 aliphatic heterocycles. The van der Waals surface area contributed by atoms with Gasteiger partial charge in [-0.15, -0.1) is 0 Å². The highest BCUT2D eigenvalue weighted by molar-refractivity contribution is 6.01. The van der Waals surface area contributed by atoms with Gasteiger partial charge in [-0.25, -0.2) is 0 Å². The smallest absolute Gasteiger partial charge is 0.235 e. The number of rotatable bonds is 3. The van der Waals surface area contributed by atoms with Crippen molar-refractivity contribution in [3.05, 3.63) is 53.8 Å². The van der Waals surface area contributed by atoms with E-state index in [1.54, 1.807) is 0 Å². The molecule has 1 saturated heterocycles. The maximum absolute atomic E-state index is 13.1. The molecule has 1 amide bonds. The molecule has 2 heterocycles. The first-order chi connectivity index (χ1) is 13.3. The molecule has 0 spiro atoms. The Labute approximate surface area is 164 Å². The van der Waals surface area contributed by atoms with Crippen LogP contribution < -0.4 is 5.32 Å². The molecule has 0 bridgehead atoms. The van der Waals surface area contributed by atoms with E-state index in [4.69, 9.17) is 9.47 Å². The number of anilines is 1. The van der Waals surface area contributed by atoms with Crippen LogP contribution in [0.25, 0.3) is 10.9 Å². The first-order valence-electron chi connectivity index (χ1n) is 9.94. The molecule has 1 saturated carbocycles. The quantitative estimate of drug-likeness (QED) is 0.831. The Hall–Kier alpha value is -2.37. The van der Waals surface area contributed by atoms with Gasteiger partial charge >= 0.3 is 0 Å². The van der Waals surface area contributed by atoms with Gasteiger partial charge in [-0.05, 0) is 48.8 Å². The van der Waals surface area contributed by atoms with Crippen LogP contribution >= 0.6 is 0 Å². The highest BCUT2D eigenvalue weighted by Gasteiger charge is 2.53. The van der Waals surface area contributed by atoms with Gasteiger partial charge in [0.2, 0.25) is 5.91 Å². The number of amides is 1. The molecule has 2 unspecified atom stereocenters. The molecule has 2 fully saturated rings. The first-order valence-corrected chi connectivity index (χ1v) is 9.94. The van der Waals surface area contributed by atoms with Gasteiger partial charge in [-0.3, -0.25) is 4.79 Å². The number of aromatic nitrogens is 1. The lowest BCUT2D eigenvalue weighted by atomic mass is 9.88. The average Bonchev–Trinajstić information content (AvgIpc) is 3.13. The van der Waals surface area contributed by atoms with E-state index < -0.39 is 5.41 Å². The number of fused-ring (bicyclic) bond motifs is 2. The van der Waals surface area contributed by atoms with Crippen LogP contribution in [-0.2, 0) is 19.7 Å². The number of aromatic amines is 1. The number of H-pyrrole nitrogens is 1. The second-order valence-corrected chi connectivity index (χ2v) is 9.13. The maximum atomic E-state index is 13.1. The Balaban J connectivity index is 1.37. The first kappa shape index (κ1) is 17.7. The predicted molar refractivity (Wildman–Crippen MR) is 109 cm³/mol. The number of hydrogen-bond donors (Lipinski definition) is 2. The van der Waals surface area contributed by atoms with Crippen molar-refractivity contribution in [1.82, 2.24) is 4.98 Å². The Kier molecular flexibility index (Phi) is 3.83. The number of ether oxygens (including phenoxy) is 2. The van der Waals surface area contributed by atoms with E-state index in [9.17, 15) is 4.79 Å². The minimum atomic E-state index is -0.433. The predicted octanol–water partition coefficient (Wildman–Crippen LogP) is 4.42. The molecule has 1 aromatic carbocycles. The van der Waals surface area contributed by atoms with Crippen molar-refractivity contribution in [2.24, 2.45) is 5.41 Å². The fourth-order valence-corrected chi connectivity index (χ4v) is 4.08. The number of hydrogen-bond acceptors (Lipinski definition) is 3. The van der Waals surface area contributed by atoms with Crippen molar-refractivity contribution in [2.75, 3.05) is 12.1 Å². The van der Waals surface area contributed by atoms with Crippen molar-refractivity contribution < 1.29 is 14.3 Å². The van der Waals surface area contributed by atoms with Gasteiger partial charge in [0.15, 0.2) is 0 Å². The van der Waals surface area contributed by atoms with Gasteiger partial charge in [0.1, 0.15) is 19.0 Å². The molecule has 5 nitrogen and oxygen atoms in total. The summed E-state index contributed by atoms with van der Waals surface area (Å²) in [5, 5.41) is 4.26. The summed E-state index contributed by atoms with van der Waals surface area (Å²) in [5.41, 5.74) is 3.79. The van der Waals surface area contributed by atoms with Crippen LogP contribution in [-0.4, -0.2) is 29.9 Å². The molecule has 2 N–H and O–H groups in total. The topological polar surface area (TPSA) is 63.4 Å². The summed E-state index contributed by atoms with van der Waals surface area (Å²) < 4.78 is 11.1. The van der Waals surface area contributed by atoms with Gasteiger partial charge in [0, 0.05) is 27.7 Å². The van der Waals surface area contributed by atoms with E-state index in [0.29, 0.717) is 6.79 Å². The summed E-state index contributed by atoms with van der Waals surface area (Å²) in [7, 11) is 0. The number of allylic oxidation sites excluding steroid dienone is 1. The van der Waals surface area contributed by atoms with Crippen LogP contribution in [0.15, 0.2) is 48.1 Å². The van der Waals surface area contributed by atoms with Gasteiger partial charge in [-0.2, -0.15) is 0 Å². The van der Waals surface area contributed by atoms with Gasteiger partial charge in [-0.1, -0.05) is 32.9 Å². The Morgan fingerprint density at radius 3 is 2.71 bits per heavy atom. The van der Waals surface area contributed by atoms with Crippen LogP contribution in [0.4, 0.5) is 5.69 Å². The maximum Gasteiger partial charge on any atom is 0.235 e. The summed E-state index contributed by atoms with van der Waals surface area (Å²) in [6.07, 6.45) is 7.76. The molecule has 3 aliphatic rings. The van der Waals surface area contributed by atoms with Crippen LogP contribution in [0.1, 0.15) is 39.3 Å². The standard InChI is InChI=1S/C23H26N2O3/c1-22(2,3)20-11-14-10-16(5-6-17(14)25-20)24-21(26)23(8-9-23)15-4-7-18-19(12-15)28-13-27-18/h4-7,10-12,18-19,25H,8-9,13H2,1-3H3,(H,24,26). The minimum absolute atomic E-state index is 0.0179. The minimum Gasteiger partial charge on any atom is -0.358 e. The molecule has 5 rings (SSSR count). The Morgan fingerprint density at radius 2 is 1.96 bits per heavy atom. The number of carbonyl (C=O) groups is 1. The van der Waals surface area contributed by atoms with E-state index in [2.05, 4.69) is 43.2 Å². The molecule has 146 valence electrons. The van der Waals surface area contributed by atoms with Crippen LogP contribution in [0.2, 0.25) is 0 Å². The zero-order chi connectivity index (χ0) is 19.5. The van der Waals surface area contributed by atoms with Crippen molar-refractivity contribution >= 4 is 22.5 Å². The highest BCUT2D eigenvalue weighted by Crippen LogP contribution is 2.54. The van der Waals surface area contributed by atoms with Crippen LogP contribution in [0.5, 0.6) is 0 Å². The summed E-state index contributed by atoms with van der Waals surface area (Å²) in [6, 6.07) is 8.22. The third kappa shape index (κ3) is 2.90. The van der Waals surface area contributed by atoms with Gasteiger partial charge < -0.3 is 19.8 Å². The largest absolute Gasteiger partial charge is 0.358 e. The van der Waals surface area contributed by atoms with Gasteiger partial charge in [0.25, 0.3) is 0 Å². The second-order valence-electron chi connectivity index (χ2n) is 9.13. The summed E-state index contributed by atoms with van der Waals surface area (Å²) in [5.74, 6) is 0.0618. The van der Waals surface area contributed by atoms with E-state index in [1.807, 2.05) is 30.4 Å². The van der Waals surface area contributed by atoms with E-state index in [1.165, 1.54) is 5.69 Å². The fourth-order valence-electron chi connectivity index (χ4n) is 4.08.